The third-order valence-electron chi connectivity index (χ3n) is 7.10. The van der Waals surface area contributed by atoms with Crippen LogP contribution in [0.1, 0.15) is 12.8 Å². The number of nitrogens with one attached hydrogen (secondary N) is 1. The molecule has 3 amide bonds. The summed E-state index contributed by atoms with van der Waals surface area (Å²) in [6.45, 7) is -0.498. The Morgan fingerprint density at radius 3 is 2.08 bits per heavy atom. The van der Waals surface area contributed by atoms with Crippen LogP contribution < -0.4 is 10.1 Å². The first kappa shape index (κ1) is 25.0. The zero-order valence-corrected chi connectivity index (χ0v) is 22.3. The van der Waals surface area contributed by atoms with Crippen molar-refractivity contribution in [1.29, 1.82) is 0 Å². The fraction of sp³-hybridized carbons (Fsp3) is 0.385. The zero-order valence-electron chi connectivity index (χ0n) is 19.1. The smallest absolute Gasteiger partial charge is 0.308 e. The quantitative estimate of drug-likeness (QED) is 0.271. The van der Waals surface area contributed by atoms with Gasteiger partial charge in [0, 0.05) is 21.9 Å². The van der Waals surface area contributed by atoms with Crippen molar-refractivity contribution < 1.29 is 28.7 Å². The lowest BCUT2D eigenvalue weighted by Crippen LogP contribution is -2.37. The van der Waals surface area contributed by atoms with E-state index in [0.717, 1.165) is 6.42 Å². The second-order valence-electron chi connectivity index (χ2n) is 9.23. The van der Waals surface area contributed by atoms with Crippen molar-refractivity contribution in [1.82, 2.24) is 4.90 Å². The van der Waals surface area contributed by atoms with Gasteiger partial charge >= 0.3 is 5.97 Å². The van der Waals surface area contributed by atoms with Crippen LogP contribution in [0.3, 0.4) is 0 Å². The average Bonchev–Trinajstić information content (AvgIpc) is 3.48. The van der Waals surface area contributed by atoms with Gasteiger partial charge in [-0.25, -0.2) is 0 Å². The maximum atomic E-state index is 12.9. The molecule has 36 heavy (non-hydrogen) atoms. The predicted octanol–water partition coefficient (Wildman–Crippen LogP) is 4.13. The lowest BCUT2D eigenvalue weighted by Gasteiger charge is -2.28. The molecule has 1 aliphatic heterocycles. The normalized spacial score (nSPS) is 28.2. The number of fused-ring (bicyclic) bond motifs is 5. The lowest BCUT2D eigenvalue weighted by atomic mass is 9.81. The summed E-state index contributed by atoms with van der Waals surface area (Å²) in [6, 6.07) is 16.1. The summed E-state index contributed by atoms with van der Waals surface area (Å²) >= 11 is 7.31. The monoisotopic (exact) mass is 618 g/mol. The van der Waals surface area contributed by atoms with Crippen LogP contribution in [0.15, 0.2) is 54.6 Å². The summed E-state index contributed by atoms with van der Waals surface area (Å²) in [6.07, 6.45) is 0.701. The lowest BCUT2D eigenvalue weighted by molar-refractivity contribution is -0.149. The van der Waals surface area contributed by atoms with E-state index in [-0.39, 0.29) is 58.1 Å². The van der Waals surface area contributed by atoms with Gasteiger partial charge in [0.1, 0.15) is 11.5 Å². The number of ether oxygens (including phenoxy) is 2. The van der Waals surface area contributed by atoms with Crippen LogP contribution in [0.4, 0.5) is 5.69 Å². The van der Waals surface area contributed by atoms with Gasteiger partial charge in [-0.15, -0.1) is 0 Å². The average molecular weight is 620 g/mol. The number of rotatable bonds is 8. The molecular weight excluding hydrogens is 596 g/mol. The highest BCUT2D eigenvalue weighted by atomic mass is 79.9. The fourth-order valence-corrected chi connectivity index (χ4v) is 7.35. The molecule has 0 unspecified atom stereocenters. The van der Waals surface area contributed by atoms with Crippen LogP contribution in [-0.4, -0.2) is 51.4 Å². The van der Waals surface area contributed by atoms with Crippen LogP contribution in [0.2, 0.25) is 0 Å². The van der Waals surface area contributed by atoms with E-state index < -0.39 is 18.5 Å². The zero-order chi connectivity index (χ0) is 25.4. The first-order chi connectivity index (χ1) is 17.3. The van der Waals surface area contributed by atoms with Crippen molar-refractivity contribution in [2.75, 3.05) is 18.5 Å². The highest BCUT2D eigenvalue weighted by molar-refractivity contribution is 9.12. The van der Waals surface area contributed by atoms with E-state index >= 15 is 0 Å². The second kappa shape index (κ2) is 10.3. The Labute approximate surface area is 224 Å². The number of hydrogen-bond donors (Lipinski definition) is 1. The summed E-state index contributed by atoms with van der Waals surface area (Å²) in [5.74, 6) is -0.598. The van der Waals surface area contributed by atoms with Gasteiger partial charge in [-0.05, 0) is 54.7 Å². The summed E-state index contributed by atoms with van der Waals surface area (Å²) in [5, 5.41) is 2.65. The Balaban J connectivity index is 1.06. The maximum absolute atomic E-state index is 12.9. The largest absolute Gasteiger partial charge is 0.457 e. The van der Waals surface area contributed by atoms with Crippen molar-refractivity contribution in [3.05, 3.63) is 54.6 Å². The maximum Gasteiger partial charge on any atom is 0.308 e. The number of halogens is 2. The molecule has 1 N–H and O–H groups in total. The van der Waals surface area contributed by atoms with E-state index in [4.69, 9.17) is 9.47 Å². The number of carbonyl (C=O) groups excluding carboxylic acids is 4. The van der Waals surface area contributed by atoms with Gasteiger partial charge in [-0.2, -0.15) is 0 Å². The van der Waals surface area contributed by atoms with E-state index in [1.54, 1.807) is 24.3 Å². The van der Waals surface area contributed by atoms with Crippen LogP contribution >= 0.6 is 31.9 Å². The van der Waals surface area contributed by atoms with Crippen molar-refractivity contribution in [3.63, 3.8) is 0 Å². The molecule has 5 rings (SSSR count). The number of carbonyl (C=O) groups is 4. The molecule has 0 aromatic heterocycles. The Kier molecular flexibility index (Phi) is 7.16. The number of hydrogen-bond acceptors (Lipinski definition) is 6. The molecular formula is C26H24Br2N2O6. The van der Waals surface area contributed by atoms with Gasteiger partial charge in [-0.1, -0.05) is 50.1 Å². The number of anilines is 1. The van der Waals surface area contributed by atoms with E-state index in [1.807, 2.05) is 30.3 Å². The van der Waals surface area contributed by atoms with Crippen molar-refractivity contribution in [2.24, 2.45) is 23.7 Å². The van der Waals surface area contributed by atoms with Crippen molar-refractivity contribution in [2.45, 2.75) is 22.5 Å². The molecule has 2 saturated carbocycles. The van der Waals surface area contributed by atoms with Gasteiger partial charge in [0.2, 0.25) is 11.8 Å². The highest BCUT2D eigenvalue weighted by Gasteiger charge is 2.66. The second-order valence-corrected chi connectivity index (χ2v) is 11.3. The summed E-state index contributed by atoms with van der Waals surface area (Å²) in [5.41, 5.74) is 0.529. The molecule has 188 valence electrons. The van der Waals surface area contributed by atoms with Crippen LogP contribution in [0.25, 0.3) is 0 Å². The summed E-state index contributed by atoms with van der Waals surface area (Å²) < 4.78 is 10.8. The number of esters is 1. The number of likely N-dealkylation sites (tertiary alicyclic amines) is 1. The molecule has 3 fully saturated rings. The van der Waals surface area contributed by atoms with Crippen LogP contribution in [-0.2, 0) is 23.9 Å². The van der Waals surface area contributed by atoms with Gasteiger partial charge in [-0.3, -0.25) is 24.1 Å². The molecule has 0 radical (unpaired) electrons. The first-order valence-corrected chi connectivity index (χ1v) is 13.6. The Morgan fingerprint density at radius 2 is 1.47 bits per heavy atom. The first-order valence-electron chi connectivity index (χ1n) is 11.8. The molecule has 2 aromatic rings. The molecule has 2 bridgehead atoms. The number of alkyl halides is 2. The third-order valence-corrected chi connectivity index (χ3v) is 10.3. The number of benzene rings is 2. The number of amides is 3. The highest BCUT2D eigenvalue weighted by Crippen LogP contribution is 2.60. The fourth-order valence-electron chi connectivity index (χ4n) is 5.48. The number of nitrogens with zero attached hydrogens (tertiary/aromatic N) is 1. The van der Waals surface area contributed by atoms with Gasteiger partial charge < -0.3 is 14.8 Å². The molecule has 1 saturated heterocycles. The molecule has 2 aromatic carbocycles. The minimum atomic E-state index is -0.644. The standard InChI is InChI=1S/C26H24Br2N2O6/c27-23-17-12-18(24(23)28)22-21(17)25(33)30(26(22)34)11-10-20(32)35-13-19(31)29-14-6-8-16(9-7-14)36-15-4-2-1-3-5-15/h1-9,17-18,21-24H,10-13H2,(H,29,31)/t17-,18-,21-,22+,23-,24+/m1/s1. The van der Waals surface area contributed by atoms with Gasteiger partial charge in [0.25, 0.3) is 5.91 Å². The Morgan fingerprint density at radius 1 is 0.889 bits per heavy atom. The van der Waals surface area contributed by atoms with E-state index in [9.17, 15) is 19.2 Å². The Hall–Kier alpha value is -2.72. The van der Waals surface area contributed by atoms with Crippen molar-refractivity contribution in [3.8, 4) is 11.5 Å². The van der Waals surface area contributed by atoms with E-state index in [1.165, 1.54) is 4.90 Å². The Bertz CT molecular complexity index is 1140. The SMILES string of the molecule is O=C(COC(=O)CCN1C(=O)[C@@H]2[C@H]3C[C@@H]([C@H](Br)[C@@H]3Br)[C@@H]2C1=O)Nc1ccc(Oc2ccccc2)cc1. The van der Waals surface area contributed by atoms with E-state index in [2.05, 4.69) is 37.2 Å². The predicted molar refractivity (Wildman–Crippen MR) is 138 cm³/mol. The molecule has 0 spiro atoms. The molecule has 3 aliphatic rings. The molecule has 1 heterocycles. The molecule has 10 heteroatoms. The minimum absolute atomic E-state index is 0.0344. The van der Waals surface area contributed by atoms with Crippen molar-refractivity contribution >= 4 is 61.2 Å². The van der Waals surface area contributed by atoms with Gasteiger partial charge in [0.05, 0.1) is 18.3 Å². The molecule has 2 aliphatic carbocycles. The van der Waals surface area contributed by atoms with Gasteiger partial charge in [0.15, 0.2) is 6.61 Å². The number of imide groups is 1. The van der Waals surface area contributed by atoms with Crippen LogP contribution in [0.5, 0.6) is 11.5 Å². The third kappa shape index (κ3) is 4.80. The summed E-state index contributed by atoms with van der Waals surface area (Å²) in [7, 11) is 0. The summed E-state index contributed by atoms with van der Waals surface area (Å²) in [4.78, 5) is 51.7. The van der Waals surface area contributed by atoms with Crippen LogP contribution in [0, 0.1) is 23.7 Å². The molecule has 6 atom stereocenters. The topological polar surface area (TPSA) is 102 Å². The minimum Gasteiger partial charge on any atom is -0.457 e. The van der Waals surface area contributed by atoms with E-state index in [0.29, 0.717) is 17.2 Å². The number of para-hydroxylation sites is 1. The molecule has 8 nitrogen and oxygen atoms in total.